The van der Waals surface area contributed by atoms with Gasteiger partial charge in [0.2, 0.25) is 0 Å². The second kappa shape index (κ2) is 7.80. The van der Waals surface area contributed by atoms with Crippen molar-refractivity contribution in [3.8, 4) is 0 Å². The van der Waals surface area contributed by atoms with Crippen LogP contribution < -0.4 is 5.48 Å². The van der Waals surface area contributed by atoms with Crippen LogP contribution in [-0.2, 0) is 4.79 Å². The molecule has 6 nitrogen and oxygen atoms in total. The number of carboxylic acid groups (broad SMARTS) is 1. The standard InChI is InChI=1S/C7H10N2O2S.C2H4O2/c1-5(8-10)7(9-11)6-3-2-4-12-6;1-2(3)4/h2-5,8,10-11H,1H3;1H3,(H,3,4)/b9-7-;. The molecule has 0 amide bonds. The lowest BCUT2D eigenvalue weighted by Crippen LogP contribution is -2.31. The van der Waals surface area contributed by atoms with Gasteiger partial charge < -0.3 is 15.5 Å². The predicted molar refractivity (Wildman–Crippen MR) is 60.3 cm³/mol. The molecule has 0 spiro atoms. The Kier molecular flexibility index (Phi) is 7.10. The second-order valence-corrected chi connectivity index (χ2v) is 3.78. The zero-order valence-electron chi connectivity index (χ0n) is 8.91. The molecule has 0 saturated heterocycles. The minimum atomic E-state index is -0.833. The van der Waals surface area contributed by atoms with E-state index in [2.05, 4.69) is 5.16 Å². The highest BCUT2D eigenvalue weighted by molar-refractivity contribution is 7.12. The van der Waals surface area contributed by atoms with Gasteiger partial charge in [-0.1, -0.05) is 11.2 Å². The molecule has 0 saturated carbocycles. The molecule has 1 aromatic rings. The molecule has 1 aromatic heterocycles. The van der Waals surface area contributed by atoms with Crippen molar-refractivity contribution in [1.82, 2.24) is 5.48 Å². The van der Waals surface area contributed by atoms with Crippen molar-refractivity contribution >= 4 is 23.0 Å². The summed E-state index contributed by atoms with van der Waals surface area (Å²) in [6, 6.07) is 3.32. The highest BCUT2D eigenvalue weighted by Gasteiger charge is 2.12. The van der Waals surface area contributed by atoms with Gasteiger partial charge in [-0.05, 0) is 18.4 Å². The van der Waals surface area contributed by atoms with Gasteiger partial charge in [-0.15, -0.1) is 11.3 Å². The molecule has 0 bridgehead atoms. The van der Waals surface area contributed by atoms with Crippen LogP contribution in [0.3, 0.4) is 0 Å². The Morgan fingerprint density at radius 1 is 1.62 bits per heavy atom. The normalized spacial score (nSPS) is 12.6. The van der Waals surface area contributed by atoms with E-state index in [0.717, 1.165) is 11.8 Å². The molecule has 0 aliphatic rings. The fourth-order valence-corrected chi connectivity index (χ4v) is 1.63. The van der Waals surface area contributed by atoms with Crippen molar-refractivity contribution in [3.63, 3.8) is 0 Å². The Morgan fingerprint density at radius 3 is 2.50 bits per heavy atom. The van der Waals surface area contributed by atoms with E-state index in [4.69, 9.17) is 20.3 Å². The maximum absolute atomic E-state index is 9.00. The molecular formula is C9H14N2O4S. The van der Waals surface area contributed by atoms with Gasteiger partial charge in [-0.3, -0.25) is 4.79 Å². The molecule has 0 radical (unpaired) electrons. The minimum Gasteiger partial charge on any atom is -0.481 e. The molecule has 1 atom stereocenters. The van der Waals surface area contributed by atoms with Gasteiger partial charge in [-0.2, -0.15) is 5.48 Å². The van der Waals surface area contributed by atoms with Gasteiger partial charge in [0.25, 0.3) is 5.97 Å². The van der Waals surface area contributed by atoms with Crippen molar-refractivity contribution in [1.29, 1.82) is 0 Å². The van der Waals surface area contributed by atoms with Crippen molar-refractivity contribution in [2.45, 2.75) is 19.9 Å². The lowest BCUT2D eigenvalue weighted by atomic mass is 10.2. The molecule has 1 rings (SSSR count). The highest BCUT2D eigenvalue weighted by atomic mass is 32.1. The lowest BCUT2D eigenvalue weighted by molar-refractivity contribution is -0.134. The molecule has 1 unspecified atom stereocenters. The fraction of sp³-hybridized carbons (Fsp3) is 0.333. The maximum atomic E-state index is 9.00. The molecule has 4 N–H and O–H groups in total. The zero-order valence-corrected chi connectivity index (χ0v) is 9.73. The van der Waals surface area contributed by atoms with E-state index in [1.807, 2.05) is 23.0 Å². The van der Waals surface area contributed by atoms with Crippen LogP contribution >= 0.6 is 11.3 Å². The van der Waals surface area contributed by atoms with E-state index in [-0.39, 0.29) is 6.04 Å². The molecule has 90 valence electrons. The van der Waals surface area contributed by atoms with E-state index in [0.29, 0.717) is 5.71 Å². The summed E-state index contributed by atoms with van der Waals surface area (Å²) in [7, 11) is 0. The van der Waals surface area contributed by atoms with Crippen molar-refractivity contribution in [3.05, 3.63) is 22.4 Å². The summed E-state index contributed by atoms with van der Waals surface area (Å²) in [5.41, 5.74) is 2.46. The smallest absolute Gasteiger partial charge is 0.300 e. The third-order valence-corrected chi connectivity index (χ3v) is 2.38. The largest absolute Gasteiger partial charge is 0.481 e. The van der Waals surface area contributed by atoms with Crippen LogP contribution in [0.1, 0.15) is 18.7 Å². The lowest BCUT2D eigenvalue weighted by Gasteiger charge is -2.08. The Morgan fingerprint density at radius 2 is 2.19 bits per heavy atom. The summed E-state index contributed by atoms with van der Waals surface area (Å²) in [6.07, 6.45) is 0. The summed E-state index contributed by atoms with van der Waals surface area (Å²) >= 11 is 1.46. The summed E-state index contributed by atoms with van der Waals surface area (Å²) in [5, 5.41) is 29.6. The first kappa shape index (κ1) is 14.6. The molecule has 0 aliphatic heterocycles. The first-order chi connectivity index (χ1) is 7.52. The van der Waals surface area contributed by atoms with Crippen LogP contribution in [0.2, 0.25) is 0 Å². The number of hydrogen-bond acceptors (Lipinski definition) is 6. The van der Waals surface area contributed by atoms with E-state index in [9.17, 15) is 0 Å². The van der Waals surface area contributed by atoms with Crippen LogP contribution in [0.15, 0.2) is 22.7 Å². The quantitative estimate of drug-likeness (QED) is 0.366. The molecule has 16 heavy (non-hydrogen) atoms. The Balaban J connectivity index is 0.000000487. The van der Waals surface area contributed by atoms with E-state index >= 15 is 0 Å². The van der Waals surface area contributed by atoms with Crippen molar-refractivity contribution < 1.29 is 20.3 Å². The number of nitrogens with one attached hydrogen (secondary N) is 1. The molecule has 1 heterocycles. The summed E-state index contributed by atoms with van der Waals surface area (Å²) in [4.78, 5) is 9.84. The number of carboxylic acids is 1. The second-order valence-electron chi connectivity index (χ2n) is 2.83. The predicted octanol–water partition coefficient (Wildman–Crippen LogP) is 1.38. The summed E-state index contributed by atoms with van der Waals surface area (Å²) in [5.74, 6) is -0.833. The number of hydrogen-bond donors (Lipinski definition) is 4. The third kappa shape index (κ3) is 5.44. The molecule has 0 aliphatic carbocycles. The fourth-order valence-electron chi connectivity index (χ4n) is 0.835. The maximum Gasteiger partial charge on any atom is 0.300 e. The number of thiophene rings is 1. The average Bonchev–Trinajstić information content (AvgIpc) is 2.71. The van der Waals surface area contributed by atoms with Crippen LogP contribution in [0.4, 0.5) is 0 Å². The number of hydroxylamine groups is 1. The van der Waals surface area contributed by atoms with Gasteiger partial charge in [0.05, 0.1) is 10.9 Å². The van der Waals surface area contributed by atoms with E-state index in [1.54, 1.807) is 6.92 Å². The number of rotatable bonds is 3. The Bertz CT molecular complexity index is 333. The first-order valence-corrected chi connectivity index (χ1v) is 5.25. The van der Waals surface area contributed by atoms with Gasteiger partial charge in [0.1, 0.15) is 5.71 Å². The van der Waals surface area contributed by atoms with E-state index in [1.165, 1.54) is 11.3 Å². The number of carbonyl (C=O) groups is 1. The first-order valence-electron chi connectivity index (χ1n) is 4.37. The van der Waals surface area contributed by atoms with Gasteiger partial charge in [0, 0.05) is 6.92 Å². The SMILES string of the molecule is CC(=O)O.CC(NO)/C(=N/O)c1cccs1. The molecule has 0 fully saturated rings. The topological polar surface area (TPSA) is 102 Å². The molecule has 7 heteroatoms. The number of nitrogens with zero attached hydrogens (tertiary/aromatic N) is 1. The highest BCUT2D eigenvalue weighted by Crippen LogP contribution is 2.11. The monoisotopic (exact) mass is 246 g/mol. The van der Waals surface area contributed by atoms with Gasteiger partial charge in [-0.25, -0.2) is 0 Å². The average molecular weight is 246 g/mol. The molecule has 0 aromatic carbocycles. The zero-order chi connectivity index (χ0) is 12.6. The van der Waals surface area contributed by atoms with Crippen LogP contribution in [0.25, 0.3) is 0 Å². The Labute approximate surface area is 96.8 Å². The summed E-state index contributed by atoms with van der Waals surface area (Å²) in [6.45, 7) is 2.79. The van der Waals surface area contributed by atoms with Crippen LogP contribution in [0, 0.1) is 0 Å². The van der Waals surface area contributed by atoms with E-state index < -0.39 is 5.97 Å². The molecular weight excluding hydrogens is 232 g/mol. The van der Waals surface area contributed by atoms with Crippen molar-refractivity contribution in [2.75, 3.05) is 0 Å². The van der Waals surface area contributed by atoms with Crippen LogP contribution in [0.5, 0.6) is 0 Å². The minimum absolute atomic E-state index is 0.367. The number of aliphatic carboxylic acids is 1. The van der Waals surface area contributed by atoms with Crippen LogP contribution in [-0.4, -0.2) is 33.2 Å². The van der Waals surface area contributed by atoms with Gasteiger partial charge in [0.15, 0.2) is 0 Å². The Hall–Kier alpha value is -1.44. The van der Waals surface area contributed by atoms with Crippen molar-refractivity contribution in [2.24, 2.45) is 5.16 Å². The third-order valence-electron chi connectivity index (χ3n) is 1.49. The number of oxime groups is 1. The summed E-state index contributed by atoms with van der Waals surface area (Å²) < 4.78 is 0. The van der Waals surface area contributed by atoms with Gasteiger partial charge >= 0.3 is 0 Å².